The number of halogens is 1. The van der Waals surface area contributed by atoms with Gasteiger partial charge in [-0.2, -0.15) is 5.10 Å². The van der Waals surface area contributed by atoms with Gasteiger partial charge in [0.05, 0.1) is 127 Å². The molecule has 5 aliphatic heterocycles. The molecule has 4 aromatic rings. The molecular formula is C56H75ClN12O13S. The van der Waals surface area contributed by atoms with Gasteiger partial charge in [0.2, 0.25) is 23.6 Å². The minimum absolute atomic E-state index is 0.0106. The van der Waals surface area contributed by atoms with Gasteiger partial charge in [-0.25, -0.2) is 14.6 Å². The number of amides is 5. The number of benzene rings is 2. The van der Waals surface area contributed by atoms with Crippen molar-refractivity contribution in [1.29, 1.82) is 0 Å². The second-order valence-corrected chi connectivity index (χ2v) is 22.3. The number of carbonyl (C=O) groups excluding carboxylic acids is 5. The van der Waals surface area contributed by atoms with Crippen LogP contribution in [0.15, 0.2) is 57.4 Å². The maximum Gasteiger partial charge on any atom is 0.277 e. The van der Waals surface area contributed by atoms with Gasteiger partial charge in [-0.15, -0.1) is 0 Å². The van der Waals surface area contributed by atoms with E-state index in [1.54, 1.807) is 40.4 Å². The lowest BCUT2D eigenvalue weighted by Crippen LogP contribution is -2.50. The van der Waals surface area contributed by atoms with Crippen LogP contribution < -0.4 is 37.5 Å². The van der Waals surface area contributed by atoms with E-state index in [1.165, 1.54) is 11.8 Å². The van der Waals surface area contributed by atoms with Crippen molar-refractivity contribution in [3.8, 4) is 0 Å². The van der Waals surface area contributed by atoms with E-state index in [4.69, 9.17) is 60.5 Å². The topological polar surface area (TPSA) is 294 Å². The van der Waals surface area contributed by atoms with Crippen LogP contribution in [0.25, 0.3) is 10.8 Å². The molecule has 5 amide bonds. The first-order chi connectivity index (χ1) is 40.4. The second-order valence-electron chi connectivity index (χ2n) is 20.9. The molecule has 7 heterocycles. The molecule has 4 saturated heterocycles. The molecule has 3 atom stereocenters. The third-order valence-corrected chi connectivity index (χ3v) is 17.2. The number of nitrogens with one attached hydrogen (secondary N) is 4. The summed E-state index contributed by atoms with van der Waals surface area (Å²) in [7, 11) is 0. The summed E-state index contributed by atoms with van der Waals surface area (Å²) in [5.74, 6) is 0.0631. The summed E-state index contributed by atoms with van der Waals surface area (Å²) < 4.78 is 40.6. The van der Waals surface area contributed by atoms with E-state index in [-0.39, 0.29) is 79.9 Å². The third kappa shape index (κ3) is 16.2. The summed E-state index contributed by atoms with van der Waals surface area (Å²) >= 11 is 8.32. The fourth-order valence-corrected chi connectivity index (χ4v) is 12.0. The maximum absolute atomic E-state index is 13.3. The molecule has 450 valence electrons. The molecule has 2 aromatic carbocycles. The van der Waals surface area contributed by atoms with Crippen LogP contribution in [-0.2, 0) is 63.7 Å². The molecule has 6 N–H and O–H groups in total. The van der Waals surface area contributed by atoms with Crippen LogP contribution in [0, 0.1) is 5.41 Å². The van der Waals surface area contributed by atoms with Gasteiger partial charge in [0.1, 0.15) is 16.9 Å². The van der Waals surface area contributed by atoms with Crippen LogP contribution >= 0.6 is 23.4 Å². The standard InChI is InChI=1S/C56H75ClN12O13S/c1-37-51(58)56(36-82-37)12-15-66(16-13-56)43-35-61-54-52(64-43)60-33-39-5-6-41(49(57)50(39)83-54)63-44(70)9-10-46(72)67-17-19-68(20-18-67)47(73)11-21-76-23-25-78-27-29-80-31-32-81-30-28-79-26-24-77-22-14-59-40-4-2-3-38-34-62-69(55(75)48(38)40)42-7-8-45(71)65-53(42)74/h2-6,34-35,37,42,51,59H,7-33,36,58H2,1H3,(H,60,64)(H,63,70)(H,65,71,74)/t37-,42?,51+/m0/s1. The van der Waals surface area contributed by atoms with Gasteiger partial charge in [-0.1, -0.05) is 41.6 Å². The predicted octanol–water partition coefficient (Wildman–Crippen LogP) is 3.22. The molecule has 2 aromatic heterocycles. The molecule has 1 unspecified atom stereocenters. The molecule has 0 saturated carbocycles. The van der Waals surface area contributed by atoms with Crippen molar-refractivity contribution < 1.29 is 57.1 Å². The van der Waals surface area contributed by atoms with E-state index in [9.17, 15) is 28.8 Å². The molecule has 0 bridgehead atoms. The molecule has 83 heavy (non-hydrogen) atoms. The maximum atomic E-state index is 13.3. The molecule has 0 radical (unpaired) electrons. The van der Waals surface area contributed by atoms with Gasteiger partial charge in [0.25, 0.3) is 11.5 Å². The number of fused-ring (bicyclic) bond motifs is 3. The first kappa shape index (κ1) is 61.5. The Bertz CT molecular complexity index is 2960. The highest BCUT2D eigenvalue weighted by Crippen LogP contribution is 2.45. The highest BCUT2D eigenvalue weighted by atomic mass is 35.5. The third-order valence-electron chi connectivity index (χ3n) is 15.5. The van der Waals surface area contributed by atoms with Gasteiger partial charge in [0.15, 0.2) is 5.82 Å². The number of aromatic nitrogens is 4. The number of anilines is 4. The van der Waals surface area contributed by atoms with Gasteiger partial charge >= 0.3 is 0 Å². The lowest BCUT2D eigenvalue weighted by molar-refractivity contribution is -0.140. The monoisotopic (exact) mass is 1190 g/mol. The SMILES string of the molecule is C[C@@H]1OCC2(CCN(c3cnc4c(n3)NCc3ccc(NC(=O)CCC(=O)N5CCN(C(=O)CCOCCOCCOCCOCCOCCOCCNc6cccc7cnn(C8CCC(=O)NC8=O)c(=O)c67)CC5)c(Cl)c3S4)CC2)[C@@H]1N. The number of ether oxygens (including phenoxy) is 7. The van der Waals surface area contributed by atoms with Crippen molar-refractivity contribution >= 4 is 86.7 Å². The lowest BCUT2D eigenvalue weighted by atomic mass is 9.73. The van der Waals surface area contributed by atoms with E-state index in [0.29, 0.717) is 157 Å². The molecule has 0 aliphatic carbocycles. The van der Waals surface area contributed by atoms with Crippen molar-refractivity contribution in [2.75, 3.05) is 153 Å². The zero-order chi connectivity index (χ0) is 58.1. The minimum Gasteiger partial charge on any atom is -0.382 e. The Balaban J connectivity index is 0.545. The van der Waals surface area contributed by atoms with Crippen LogP contribution in [0.4, 0.5) is 23.0 Å². The first-order valence-electron chi connectivity index (χ1n) is 28.5. The zero-order valence-corrected chi connectivity index (χ0v) is 48.4. The van der Waals surface area contributed by atoms with Crippen LogP contribution in [0.3, 0.4) is 0 Å². The van der Waals surface area contributed by atoms with Crippen molar-refractivity contribution in [3.05, 3.63) is 63.7 Å². The van der Waals surface area contributed by atoms with E-state index < -0.39 is 17.5 Å². The van der Waals surface area contributed by atoms with Crippen LogP contribution in [-0.4, -0.2) is 203 Å². The van der Waals surface area contributed by atoms with E-state index in [0.717, 1.165) is 46.9 Å². The van der Waals surface area contributed by atoms with E-state index in [2.05, 4.69) is 31.3 Å². The number of piperidine rings is 2. The summed E-state index contributed by atoms with van der Waals surface area (Å²) in [4.78, 5) is 92.6. The predicted molar refractivity (Wildman–Crippen MR) is 309 cm³/mol. The number of hydrogen-bond acceptors (Lipinski definition) is 21. The summed E-state index contributed by atoms with van der Waals surface area (Å²) in [5.41, 5.74) is 8.14. The Hall–Kier alpha value is -6.07. The average Bonchev–Trinajstić information content (AvgIpc) is 3.84. The van der Waals surface area contributed by atoms with Crippen LogP contribution in [0.1, 0.15) is 63.5 Å². The number of hydrogen-bond donors (Lipinski definition) is 5. The Labute approximate surface area is 490 Å². The Morgan fingerprint density at radius 2 is 1.43 bits per heavy atom. The van der Waals surface area contributed by atoms with Crippen LogP contribution in [0.5, 0.6) is 0 Å². The van der Waals surface area contributed by atoms with E-state index in [1.807, 2.05) is 19.1 Å². The molecule has 5 aliphatic rings. The fraction of sp³-hybridized carbons (Fsp3) is 0.589. The number of imide groups is 1. The van der Waals surface area contributed by atoms with Gasteiger partial charge in [-0.3, -0.25) is 34.1 Å². The summed E-state index contributed by atoms with van der Waals surface area (Å²) in [6.45, 7) is 11.4. The molecule has 27 heteroatoms. The zero-order valence-electron chi connectivity index (χ0n) is 46.9. The highest BCUT2D eigenvalue weighted by molar-refractivity contribution is 7.99. The Morgan fingerprint density at radius 1 is 0.795 bits per heavy atom. The Kier molecular flexibility index (Phi) is 22.3. The number of nitrogens with two attached hydrogens (primary N) is 1. The van der Waals surface area contributed by atoms with Crippen molar-refractivity contribution in [3.63, 3.8) is 0 Å². The fourth-order valence-electron chi connectivity index (χ4n) is 10.6. The molecule has 9 rings (SSSR count). The molecule has 25 nitrogen and oxygen atoms in total. The normalized spacial score (nSPS) is 19.5. The molecule has 1 spiro atoms. The molecule has 4 fully saturated rings. The van der Waals surface area contributed by atoms with Gasteiger partial charge in [-0.05, 0) is 43.9 Å². The van der Waals surface area contributed by atoms with Crippen molar-refractivity contribution in [2.24, 2.45) is 11.1 Å². The van der Waals surface area contributed by atoms with E-state index >= 15 is 0 Å². The summed E-state index contributed by atoms with van der Waals surface area (Å²) in [6.07, 6.45) is 5.87. The van der Waals surface area contributed by atoms with Crippen LogP contribution in [0.2, 0.25) is 5.02 Å². The van der Waals surface area contributed by atoms with Crippen molar-refractivity contribution in [2.45, 2.75) is 86.5 Å². The first-order valence-corrected chi connectivity index (χ1v) is 29.7. The Morgan fingerprint density at radius 3 is 2.07 bits per heavy atom. The second kappa shape index (κ2) is 30.1. The van der Waals surface area contributed by atoms with Gasteiger partial charge in [0, 0.05) is 99.0 Å². The number of rotatable bonds is 28. The smallest absolute Gasteiger partial charge is 0.277 e. The summed E-state index contributed by atoms with van der Waals surface area (Å²) in [6, 6.07) is 8.25. The van der Waals surface area contributed by atoms with Gasteiger partial charge < -0.3 is 69.5 Å². The highest BCUT2D eigenvalue weighted by Gasteiger charge is 2.48. The minimum atomic E-state index is -0.845. The summed E-state index contributed by atoms with van der Waals surface area (Å²) in [5, 5.41) is 18.1. The quantitative estimate of drug-likeness (QED) is 0.0403. The number of nitrogens with zero attached hydrogens (tertiary/aromatic N) is 7. The van der Waals surface area contributed by atoms with Crippen molar-refractivity contribution in [1.82, 2.24) is 34.9 Å². The number of carbonyl (C=O) groups is 5. The molecular weight excluding hydrogens is 1120 g/mol. The largest absolute Gasteiger partial charge is 0.382 e. The average molecular weight is 1190 g/mol. The number of piperazine rings is 1. The lowest BCUT2D eigenvalue weighted by Gasteiger charge is -2.41.